The summed E-state index contributed by atoms with van der Waals surface area (Å²) in [5, 5.41) is 13.1. The van der Waals surface area contributed by atoms with E-state index in [1.165, 1.54) is 11.3 Å². The molecule has 0 aromatic carbocycles. The van der Waals surface area contributed by atoms with Crippen LogP contribution in [0.3, 0.4) is 0 Å². The topological polar surface area (TPSA) is 46.5 Å². The van der Waals surface area contributed by atoms with Crippen molar-refractivity contribution in [2.45, 2.75) is 56.7 Å². The van der Waals surface area contributed by atoms with Crippen molar-refractivity contribution in [1.29, 1.82) is 0 Å². The maximum absolute atomic E-state index is 13.8. The molecule has 2 bridgehead atoms. The molecule has 1 N–H and O–H groups in total. The van der Waals surface area contributed by atoms with Crippen molar-refractivity contribution in [3.8, 4) is 0 Å². The highest BCUT2D eigenvalue weighted by atomic mass is 32.1. The average molecular weight is 401 g/mol. The number of esters is 1. The maximum atomic E-state index is 13.8. The number of nitrogens with zero attached hydrogens (tertiary/aromatic N) is 1. The first-order chi connectivity index (χ1) is 12.8. The first kappa shape index (κ1) is 19.3. The number of thiophene rings is 1. The van der Waals surface area contributed by atoms with Crippen LogP contribution >= 0.6 is 11.3 Å². The SMILES string of the molecule is CC[N+]12CCC(CC1)[C@@H](OC(=O)C(O)(c1cccs1)C1CCC(F)(F)C1)C2. The third-order valence-electron chi connectivity index (χ3n) is 7.17. The summed E-state index contributed by atoms with van der Waals surface area (Å²) in [6.07, 6.45) is 1.17. The lowest BCUT2D eigenvalue weighted by atomic mass is 9.82. The second-order valence-electron chi connectivity index (χ2n) is 8.61. The van der Waals surface area contributed by atoms with Gasteiger partial charge in [-0.15, -0.1) is 11.3 Å². The number of carbonyl (C=O) groups excluding carboxylic acids is 1. The predicted octanol–water partition coefficient (Wildman–Crippen LogP) is 3.54. The zero-order valence-electron chi connectivity index (χ0n) is 15.7. The zero-order valence-corrected chi connectivity index (χ0v) is 16.5. The number of hydrogen-bond donors (Lipinski definition) is 1. The molecule has 5 rings (SSSR count). The molecule has 1 aliphatic carbocycles. The summed E-state index contributed by atoms with van der Waals surface area (Å²) in [6.45, 7) is 6.16. The average Bonchev–Trinajstić information content (AvgIpc) is 3.32. The molecule has 7 heteroatoms. The van der Waals surface area contributed by atoms with Crippen LogP contribution in [0, 0.1) is 11.8 Å². The van der Waals surface area contributed by atoms with Crippen LogP contribution in [0.4, 0.5) is 8.78 Å². The normalized spacial score (nSPS) is 37.1. The van der Waals surface area contributed by atoms with Crippen molar-refractivity contribution < 1.29 is 27.9 Å². The van der Waals surface area contributed by atoms with Gasteiger partial charge in [0.15, 0.2) is 11.7 Å². The molecule has 4 nitrogen and oxygen atoms in total. The van der Waals surface area contributed by atoms with E-state index in [-0.39, 0.29) is 18.9 Å². The molecular formula is C20H28F2NO3S+. The molecular weight excluding hydrogens is 372 g/mol. The summed E-state index contributed by atoms with van der Waals surface area (Å²) in [5.41, 5.74) is -1.98. The largest absolute Gasteiger partial charge is 0.454 e. The molecule has 3 aliphatic heterocycles. The Balaban J connectivity index is 1.57. The molecule has 1 aromatic rings. The standard InChI is InChI=1S/C20H28F2NO3S/c1-2-23-9-6-14(7-10-23)16(13-23)26-18(24)20(25,17-4-3-11-27-17)15-5-8-19(21,22)12-15/h3-4,11,14-16,25H,2,5-10,12-13H2,1H3/q+1/t14?,15?,16-,20?,23?/m0/s1. The highest BCUT2D eigenvalue weighted by Gasteiger charge is 2.56. The summed E-state index contributed by atoms with van der Waals surface area (Å²) in [5.74, 6) is -4.06. The van der Waals surface area contributed by atoms with E-state index >= 15 is 0 Å². The number of ether oxygens (including phenoxy) is 1. The lowest BCUT2D eigenvalue weighted by molar-refractivity contribution is -0.944. The second kappa shape index (κ2) is 6.78. The summed E-state index contributed by atoms with van der Waals surface area (Å²) < 4.78 is 34.5. The van der Waals surface area contributed by atoms with Gasteiger partial charge in [0, 0.05) is 42.4 Å². The molecule has 3 atom stereocenters. The number of rotatable bonds is 5. The Morgan fingerprint density at radius 2 is 2.15 bits per heavy atom. The molecule has 150 valence electrons. The highest BCUT2D eigenvalue weighted by molar-refractivity contribution is 7.10. The van der Waals surface area contributed by atoms with Crippen LogP contribution in [-0.4, -0.2) is 53.8 Å². The minimum atomic E-state index is -2.83. The van der Waals surface area contributed by atoms with Gasteiger partial charge >= 0.3 is 5.97 Å². The van der Waals surface area contributed by atoms with E-state index in [1.807, 2.05) is 0 Å². The molecule has 0 radical (unpaired) electrons. The Kier molecular flexibility index (Phi) is 4.84. The van der Waals surface area contributed by atoms with Gasteiger partial charge in [-0.3, -0.25) is 0 Å². The van der Waals surface area contributed by atoms with Crippen LogP contribution in [0.1, 0.15) is 43.9 Å². The number of quaternary nitrogens is 1. The van der Waals surface area contributed by atoms with Gasteiger partial charge in [0.1, 0.15) is 6.54 Å². The van der Waals surface area contributed by atoms with Crippen molar-refractivity contribution in [3.05, 3.63) is 22.4 Å². The molecule has 4 heterocycles. The third kappa shape index (κ3) is 3.32. The highest BCUT2D eigenvalue weighted by Crippen LogP contribution is 2.49. The van der Waals surface area contributed by atoms with Gasteiger partial charge in [0.2, 0.25) is 5.92 Å². The van der Waals surface area contributed by atoms with Gasteiger partial charge in [-0.25, -0.2) is 13.6 Å². The Hall–Kier alpha value is -1.05. The first-order valence-electron chi connectivity index (χ1n) is 9.98. The zero-order chi connectivity index (χ0) is 19.3. The number of carbonyl (C=O) groups is 1. The lowest BCUT2D eigenvalue weighted by Crippen LogP contribution is -2.64. The summed E-state index contributed by atoms with van der Waals surface area (Å²) in [4.78, 5) is 13.6. The van der Waals surface area contributed by atoms with Crippen molar-refractivity contribution in [2.24, 2.45) is 11.8 Å². The van der Waals surface area contributed by atoms with E-state index in [9.17, 15) is 18.7 Å². The molecule has 27 heavy (non-hydrogen) atoms. The molecule has 4 fully saturated rings. The Morgan fingerprint density at radius 1 is 1.41 bits per heavy atom. The molecule has 3 saturated heterocycles. The summed E-state index contributed by atoms with van der Waals surface area (Å²) >= 11 is 1.23. The smallest absolute Gasteiger partial charge is 0.344 e. The van der Waals surface area contributed by atoms with Crippen LogP contribution in [0.5, 0.6) is 0 Å². The molecule has 1 saturated carbocycles. The maximum Gasteiger partial charge on any atom is 0.344 e. The molecule has 0 amide bonds. The van der Waals surface area contributed by atoms with Crippen LogP contribution in [-0.2, 0) is 15.1 Å². The Morgan fingerprint density at radius 3 is 2.70 bits per heavy atom. The third-order valence-corrected chi connectivity index (χ3v) is 8.17. The molecule has 2 unspecified atom stereocenters. The van der Waals surface area contributed by atoms with Crippen molar-refractivity contribution >= 4 is 17.3 Å². The van der Waals surface area contributed by atoms with Crippen LogP contribution < -0.4 is 0 Å². The second-order valence-corrected chi connectivity index (χ2v) is 9.56. The number of alkyl halides is 2. The van der Waals surface area contributed by atoms with Gasteiger partial charge in [-0.05, 0) is 24.8 Å². The van der Waals surface area contributed by atoms with Crippen LogP contribution in [0.25, 0.3) is 0 Å². The number of piperidine rings is 3. The van der Waals surface area contributed by atoms with Gasteiger partial charge in [-0.1, -0.05) is 6.07 Å². The van der Waals surface area contributed by atoms with Gasteiger partial charge in [0.05, 0.1) is 19.6 Å². The monoisotopic (exact) mass is 400 g/mol. The lowest BCUT2D eigenvalue weighted by Gasteiger charge is -2.52. The Labute approximate surface area is 162 Å². The van der Waals surface area contributed by atoms with E-state index in [0.29, 0.717) is 10.8 Å². The van der Waals surface area contributed by atoms with E-state index in [2.05, 4.69) is 6.92 Å². The number of fused-ring (bicyclic) bond motifs is 3. The predicted molar refractivity (Wildman–Crippen MR) is 98.5 cm³/mol. The van der Waals surface area contributed by atoms with E-state index in [4.69, 9.17) is 4.74 Å². The van der Waals surface area contributed by atoms with Gasteiger partial charge in [-0.2, -0.15) is 0 Å². The number of hydrogen-bond acceptors (Lipinski definition) is 4. The quantitative estimate of drug-likeness (QED) is 0.607. The summed E-state index contributed by atoms with van der Waals surface area (Å²) in [7, 11) is 0. The Bertz CT molecular complexity index is 687. The molecule has 0 spiro atoms. The van der Waals surface area contributed by atoms with Crippen LogP contribution in [0.2, 0.25) is 0 Å². The minimum Gasteiger partial charge on any atom is -0.454 e. The number of aliphatic hydroxyl groups is 1. The fraction of sp³-hybridized carbons (Fsp3) is 0.750. The fourth-order valence-corrected chi connectivity index (χ4v) is 6.19. The van der Waals surface area contributed by atoms with E-state index in [0.717, 1.165) is 43.5 Å². The number of likely N-dealkylation sites (N-methyl/N-ethyl adjacent to an activating group) is 1. The van der Waals surface area contributed by atoms with E-state index < -0.39 is 29.8 Å². The summed E-state index contributed by atoms with van der Waals surface area (Å²) in [6, 6.07) is 3.38. The van der Waals surface area contributed by atoms with Crippen molar-refractivity contribution in [3.63, 3.8) is 0 Å². The molecule has 4 aliphatic rings. The van der Waals surface area contributed by atoms with E-state index in [1.54, 1.807) is 17.5 Å². The van der Waals surface area contributed by atoms with Crippen LogP contribution in [0.15, 0.2) is 17.5 Å². The minimum absolute atomic E-state index is 0.125. The van der Waals surface area contributed by atoms with Gasteiger partial charge in [0.25, 0.3) is 0 Å². The van der Waals surface area contributed by atoms with Crippen molar-refractivity contribution in [1.82, 2.24) is 0 Å². The number of halogens is 2. The first-order valence-corrected chi connectivity index (χ1v) is 10.9. The van der Waals surface area contributed by atoms with Crippen molar-refractivity contribution in [2.75, 3.05) is 26.2 Å². The van der Waals surface area contributed by atoms with Gasteiger partial charge < -0.3 is 14.3 Å². The fourth-order valence-electron chi connectivity index (χ4n) is 5.30. The molecule has 1 aromatic heterocycles.